The second-order valence-electron chi connectivity index (χ2n) is 4.10. The van der Waals surface area contributed by atoms with Crippen LogP contribution in [0.3, 0.4) is 0 Å². The number of hydrogen-bond donors (Lipinski definition) is 0. The fourth-order valence-electron chi connectivity index (χ4n) is 1.67. The van der Waals surface area contributed by atoms with Crippen LogP contribution in [0, 0.1) is 11.6 Å². The van der Waals surface area contributed by atoms with Crippen LogP contribution in [0.15, 0.2) is 48.5 Å². The topological polar surface area (TPSA) is 26.3 Å². The highest BCUT2D eigenvalue weighted by Crippen LogP contribution is 2.10. The maximum atomic E-state index is 12.9. The van der Waals surface area contributed by atoms with Gasteiger partial charge in [0, 0.05) is 6.07 Å². The molecule has 0 saturated heterocycles. The van der Waals surface area contributed by atoms with Crippen molar-refractivity contribution in [2.75, 3.05) is 0 Å². The number of rotatable bonds is 4. The molecule has 0 heterocycles. The lowest BCUT2D eigenvalue weighted by molar-refractivity contribution is -0.144. The Morgan fingerprint density at radius 3 is 2.21 bits per heavy atom. The summed E-state index contributed by atoms with van der Waals surface area (Å²) in [4.78, 5) is 11.5. The number of hydrogen-bond acceptors (Lipinski definition) is 2. The molecule has 19 heavy (non-hydrogen) atoms. The van der Waals surface area contributed by atoms with Crippen molar-refractivity contribution in [2.24, 2.45) is 0 Å². The van der Waals surface area contributed by atoms with Gasteiger partial charge in [0.1, 0.15) is 18.2 Å². The van der Waals surface area contributed by atoms with Crippen LogP contribution in [0.4, 0.5) is 8.78 Å². The van der Waals surface area contributed by atoms with Gasteiger partial charge in [0.25, 0.3) is 0 Å². The molecule has 4 heteroatoms. The van der Waals surface area contributed by atoms with Crippen LogP contribution < -0.4 is 0 Å². The Bertz CT molecular complexity index is 547. The van der Waals surface area contributed by atoms with E-state index in [1.807, 2.05) is 30.3 Å². The van der Waals surface area contributed by atoms with Gasteiger partial charge in [-0.1, -0.05) is 30.3 Å². The monoisotopic (exact) mass is 262 g/mol. The average molecular weight is 262 g/mol. The van der Waals surface area contributed by atoms with Crippen molar-refractivity contribution in [2.45, 2.75) is 13.0 Å². The Morgan fingerprint density at radius 1 is 0.947 bits per heavy atom. The van der Waals surface area contributed by atoms with Crippen molar-refractivity contribution in [1.29, 1.82) is 0 Å². The van der Waals surface area contributed by atoms with E-state index in [-0.39, 0.29) is 18.6 Å². The Morgan fingerprint density at radius 2 is 1.58 bits per heavy atom. The quantitative estimate of drug-likeness (QED) is 0.791. The fourth-order valence-corrected chi connectivity index (χ4v) is 1.67. The van der Waals surface area contributed by atoms with Crippen LogP contribution in [-0.4, -0.2) is 5.97 Å². The van der Waals surface area contributed by atoms with Gasteiger partial charge in [-0.05, 0) is 23.3 Å². The van der Waals surface area contributed by atoms with E-state index in [4.69, 9.17) is 4.74 Å². The van der Waals surface area contributed by atoms with Gasteiger partial charge in [-0.3, -0.25) is 4.79 Å². The Labute approximate surface area is 109 Å². The van der Waals surface area contributed by atoms with Gasteiger partial charge in [-0.15, -0.1) is 0 Å². The first-order chi connectivity index (χ1) is 9.13. The van der Waals surface area contributed by atoms with Crippen molar-refractivity contribution in [1.82, 2.24) is 0 Å². The lowest BCUT2D eigenvalue weighted by Gasteiger charge is -2.05. The first kappa shape index (κ1) is 13.2. The molecule has 0 saturated carbocycles. The smallest absolute Gasteiger partial charge is 0.310 e. The molecule has 0 amide bonds. The molecule has 2 rings (SSSR count). The number of halogens is 2. The first-order valence-electron chi connectivity index (χ1n) is 5.78. The average Bonchev–Trinajstić information content (AvgIpc) is 2.36. The van der Waals surface area contributed by atoms with Gasteiger partial charge in [-0.25, -0.2) is 8.78 Å². The minimum Gasteiger partial charge on any atom is -0.461 e. The second kappa shape index (κ2) is 6.09. The number of benzene rings is 2. The van der Waals surface area contributed by atoms with E-state index in [1.54, 1.807) is 0 Å². The minimum absolute atomic E-state index is 0.150. The molecule has 0 N–H and O–H groups in total. The van der Waals surface area contributed by atoms with Crippen LogP contribution in [0.2, 0.25) is 0 Å². The summed E-state index contributed by atoms with van der Waals surface area (Å²) in [5, 5.41) is 0. The van der Waals surface area contributed by atoms with Crippen LogP contribution >= 0.6 is 0 Å². The highest BCUT2D eigenvalue weighted by molar-refractivity contribution is 5.72. The Kier molecular flexibility index (Phi) is 4.23. The summed E-state index contributed by atoms with van der Waals surface area (Å²) < 4.78 is 30.9. The van der Waals surface area contributed by atoms with Crippen molar-refractivity contribution in [3.8, 4) is 0 Å². The third kappa shape index (κ3) is 4.17. The number of ether oxygens (including phenoxy) is 1. The lowest BCUT2D eigenvalue weighted by atomic mass is 10.1. The molecule has 0 spiro atoms. The molecule has 0 aliphatic rings. The number of carbonyl (C=O) groups is 1. The van der Waals surface area contributed by atoms with Gasteiger partial charge < -0.3 is 4.74 Å². The zero-order valence-electron chi connectivity index (χ0n) is 10.1. The molecule has 2 aromatic carbocycles. The van der Waals surface area contributed by atoms with Gasteiger partial charge in [0.05, 0.1) is 6.42 Å². The van der Waals surface area contributed by atoms with Gasteiger partial charge >= 0.3 is 5.97 Å². The second-order valence-corrected chi connectivity index (χ2v) is 4.10. The van der Waals surface area contributed by atoms with Crippen molar-refractivity contribution < 1.29 is 18.3 Å². The van der Waals surface area contributed by atoms with E-state index in [1.165, 1.54) is 0 Å². The number of carbonyl (C=O) groups excluding carboxylic acids is 1. The molecule has 98 valence electrons. The summed E-state index contributed by atoms with van der Waals surface area (Å²) >= 11 is 0. The summed E-state index contributed by atoms with van der Waals surface area (Å²) in [7, 11) is 0. The zero-order chi connectivity index (χ0) is 13.7. The largest absolute Gasteiger partial charge is 0.461 e. The fraction of sp³-hybridized carbons (Fsp3) is 0.133. The van der Waals surface area contributed by atoms with E-state index in [2.05, 4.69) is 0 Å². The SMILES string of the molecule is O=C(Cc1cc(F)cc(F)c1)OCc1ccccc1. The van der Waals surface area contributed by atoms with Crippen molar-refractivity contribution in [3.63, 3.8) is 0 Å². The molecule has 2 nitrogen and oxygen atoms in total. The van der Waals surface area contributed by atoms with Crippen LogP contribution in [0.25, 0.3) is 0 Å². The molecule has 2 aromatic rings. The van der Waals surface area contributed by atoms with Crippen LogP contribution in [0.1, 0.15) is 11.1 Å². The van der Waals surface area contributed by atoms with E-state index >= 15 is 0 Å². The van der Waals surface area contributed by atoms with Crippen molar-refractivity contribution >= 4 is 5.97 Å². The summed E-state index contributed by atoms with van der Waals surface area (Å²) in [5.74, 6) is -1.93. The molecular formula is C15H12F2O2. The highest BCUT2D eigenvalue weighted by atomic mass is 19.1. The molecule has 0 radical (unpaired) electrons. The molecule has 0 bridgehead atoms. The van der Waals surface area contributed by atoms with E-state index in [0.717, 1.165) is 23.8 Å². The number of esters is 1. The van der Waals surface area contributed by atoms with Gasteiger partial charge in [0.2, 0.25) is 0 Å². The lowest BCUT2D eigenvalue weighted by Crippen LogP contribution is -2.08. The standard InChI is InChI=1S/C15H12F2O2/c16-13-6-12(7-14(17)9-13)8-15(18)19-10-11-4-2-1-3-5-11/h1-7,9H,8,10H2. The third-order valence-electron chi connectivity index (χ3n) is 2.51. The molecule has 0 aliphatic heterocycles. The van der Waals surface area contributed by atoms with Gasteiger partial charge in [0.15, 0.2) is 0 Å². The predicted molar refractivity (Wildman–Crippen MR) is 66.3 cm³/mol. The molecule has 0 unspecified atom stereocenters. The third-order valence-corrected chi connectivity index (χ3v) is 2.51. The first-order valence-corrected chi connectivity index (χ1v) is 5.78. The normalized spacial score (nSPS) is 10.2. The van der Waals surface area contributed by atoms with E-state index in [9.17, 15) is 13.6 Å². The van der Waals surface area contributed by atoms with E-state index in [0.29, 0.717) is 0 Å². The predicted octanol–water partition coefficient (Wildman–Crippen LogP) is 3.25. The highest BCUT2D eigenvalue weighted by Gasteiger charge is 2.08. The minimum atomic E-state index is -0.703. The van der Waals surface area contributed by atoms with Gasteiger partial charge in [-0.2, -0.15) is 0 Å². The van der Waals surface area contributed by atoms with Crippen molar-refractivity contribution in [3.05, 3.63) is 71.3 Å². The maximum absolute atomic E-state index is 12.9. The summed E-state index contributed by atoms with van der Waals surface area (Å²) in [6.07, 6.45) is -0.151. The Balaban J connectivity index is 1.91. The van der Waals surface area contributed by atoms with Crippen LogP contribution in [0.5, 0.6) is 0 Å². The summed E-state index contributed by atoms with van der Waals surface area (Å²) in [6.45, 7) is 0.150. The molecule has 0 aromatic heterocycles. The van der Waals surface area contributed by atoms with E-state index < -0.39 is 17.6 Å². The Hall–Kier alpha value is -2.23. The summed E-state index contributed by atoms with van der Waals surface area (Å²) in [5.41, 5.74) is 1.12. The zero-order valence-corrected chi connectivity index (χ0v) is 10.1. The maximum Gasteiger partial charge on any atom is 0.310 e. The molecular weight excluding hydrogens is 250 g/mol. The van der Waals surface area contributed by atoms with Crippen LogP contribution in [-0.2, 0) is 22.6 Å². The molecule has 0 aliphatic carbocycles. The molecule has 0 atom stereocenters. The summed E-state index contributed by atoms with van der Waals surface area (Å²) in [6, 6.07) is 12.2. The molecule has 0 fully saturated rings.